The first-order chi connectivity index (χ1) is 13.9. The van der Waals surface area contributed by atoms with Gasteiger partial charge in [-0.1, -0.05) is 6.92 Å². The van der Waals surface area contributed by atoms with E-state index in [1.54, 1.807) is 24.3 Å². The van der Waals surface area contributed by atoms with Crippen LogP contribution < -0.4 is 20.3 Å². The van der Waals surface area contributed by atoms with Crippen LogP contribution in [0.25, 0.3) is 6.08 Å². The molecule has 1 heterocycles. The van der Waals surface area contributed by atoms with Crippen LogP contribution in [0, 0.1) is 5.92 Å². The van der Waals surface area contributed by atoms with Gasteiger partial charge in [0.25, 0.3) is 11.8 Å². The Bertz CT molecular complexity index is 916. The van der Waals surface area contributed by atoms with Crippen molar-refractivity contribution in [3.63, 3.8) is 0 Å². The van der Waals surface area contributed by atoms with E-state index in [-0.39, 0.29) is 6.10 Å². The van der Waals surface area contributed by atoms with Gasteiger partial charge in [0.1, 0.15) is 11.5 Å². The van der Waals surface area contributed by atoms with Crippen molar-refractivity contribution in [1.82, 2.24) is 10.9 Å². The van der Waals surface area contributed by atoms with Crippen LogP contribution in [0.2, 0.25) is 0 Å². The number of amides is 2. The lowest BCUT2D eigenvalue weighted by Crippen LogP contribution is -2.40. The fraction of sp³-hybridized carbons (Fsp3) is 0.364. The zero-order chi connectivity index (χ0) is 21.0. The minimum Gasteiger partial charge on any atom is -0.493 e. The van der Waals surface area contributed by atoms with Gasteiger partial charge in [0.15, 0.2) is 11.5 Å². The Morgan fingerprint density at radius 2 is 1.93 bits per heavy atom. The molecule has 7 heteroatoms. The molecule has 2 N–H and O–H groups in total. The van der Waals surface area contributed by atoms with Crippen LogP contribution in [-0.4, -0.2) is 25.0 Å². The zero-order valence-corrected chi connectivity index (χ0v) is 17.0. The molecule has 1 aromatic carbocycles. The van der Waals surface area contributed by atoms with Gasteiger partial charge in [0.2, 0.25) is 0 Å². The zero-order valence-electron chi connectivity index (χ0n) is 17.0. The number of rotatable bonds is 7. The highest BCUT2D eigenvalue weighted by molar-refractivity contribution is 5.98. The molecule has 0 aliphatic heterocycles. The van der Waals surface area contributed by atoms with E-state index in [2.05, 4.69) is 17.8 Å². The van der Waals surface area contributed by atoms with Crippen molar-refractivity contribution >= 4 is 17.9 Å². The van der Waals surface area contributed by atoms with Crippen molar-refractivity contribution in [3.8, 4) is 11.5 Å². The summed E-state index contributed by atoms with van der Waals surface area (Å²) in [5.74, 6) is 2.74. The molecule has 0 saturated heterocycles. The van der Waals surface area contributed by atoms with E-state index in [1.807, 2.05) is 26.0 Å². The molecule has 1 saturated carbocycles. The van der Waals surface area contributed by atoms with Gasteiger partial charge in [0, 0.05) is 17.6 Å². The van der Waals surface area contributed by atoms with Crippen molar-refractivity contribution in [2.75, 3.05) is 7.11 Å². The number of benzene rings is 1. The number of hydrogen-bond acceptors (Lipinski definition) is 5. The monoisotopic (exact) mass is 398 g/mol. The molecular weight excluding hydrogens is 372 g/mol. The molecule has 154 valence electrons. The van der Waals surface area contributed by atoms with Gasteiger partial charge in [-0.05, 0) is 62.6 Å². The second-order valence-electron chi connectivity index (χ2n) is 7.37. The Kier molecular flexibility index (Phi) is 6.26. The van der Waals surface area contributed by atoms with E-state index >= 15 is 0 Å². The molecular formula is C22H26N2O5. The van der Waals surface area contributed by atoms with Gasteiger partial charge in [0.05, 0.1) is 13.2 Å². The van der Waals surface area contributed by atoms with Gasteiger partial charge < -0.3 is 13.9 Å². The predicted octanol–water partition coefficient (Wildman–Crippen LogP) is 3.67. The number of carbonyl (C=O) groups excluding carboxylic acids is 2. The minimum absolute atomic E-state index is 0.0208. The van der Waals surface area contributed by atoms with Crippen molar-refractivity contribution < 1.29 is 23.5 Å². The molecule has 1 aromatic heterocycles. The normalized spacial score (nSPS) is 18.0. The maximum atomic E-state index is 12.3. The first-order valence-electron chi connectivity index (χ1n) is 9.60. The largest absolute Gasteiger partial charge is 0.493 e. The van der Waals surface area contributed by atoms with Crippen LogP contribution in [0.5, 0.6) is 11.5 Å². The second kappa shape index (κ2) is 8.86. The highest BCUT2D eigenvalue weighted by atomic mass is 16.5. The summed E-state index contributed by atoms with van der Waals surface area (Å²) < 4.78 is 16.6. The summed E-state index contributed by atoms with van der Waals surface area (Å²) in [6.45, 7) is 5.98. The molecule has 1 aliphatic rings. The van der Waals surface area contributed by atoms with Crippen LogP contribution in [0.15, 0.2) is 40.8 Å². The van der Waals surface area contributed by atoms with Gasteiger partial charge in [-0.25, -0.2) is 0 Å². The minimum atomic E-state index is -0.470. The number of hydrogen-bond donors (Lipinski definition) is 2. The SMILES string of the molecule is COc1cc(C(=O)NNC(=O)/C=C/c2ccc(C3CC3C)o2)ccc1OC(C)C. The molecule has 7 nitrogen and oxygen atoms in total. The van der Waals surface area contributed by atoms with Crippen LogP contribution in [0.4, 0.5) is 0 Å². The molecule has 0 radical (unpaired) electrons. The van der Waals surface area contributed by atoms with E-state index in [0.29, 0.717) is 34.7 Å². The Balaban J connectivity index is 1.53. The third kappa shape index (κ3) is 5.40. The summed E-state index contributed by atoms with van der Waals surface area (Å²) in [4.78, 5) is 24.2. The summed E-state index contributed by atoms with van der Waals surface area (Å²) in [6, 6.07) is 8.58. The molecule has 2 atom stereocenters. The molecule has 1 aliphatic carbocycles. The number of nitrogens with one attached hydrogen (secondary N) is 2. The van der Waals surface area contributed by atoms with Crippen LogP contribution in [-0.2, 0) is 4.79 Å². The van der Waals surface area contributed by atoms with Crippen molar-refractivity contribution in [2.45, 2.75) is 39.2 Å². The Morgan fingerprint density at radius 1 is 1.17 bits per heavy atom. The van der Waals surface area contributed by atoms with Crippen molar-refractivity contribution in [3.05, 3.63) is 53.5 Å². The average molecular weight is 398 g/mol. The quantitative estimate of drug-likeness (QED) is 0.549. The molecule has 2 aromatic rings. The van der Waals surface area contributed by atoms with Crippen LogP contribution in [0.1, 0.15) is 55.0 Å². The number of furan rings is 1. The summed E-state index contributed by atoms with van der Waals surface area (Å²) in [5.41, 5.74) is 5.04. The maximum Gasteiger partial charge on any atom is 0.269 e. The lowest BCUT2D eigenvalue weighted by molar-refractivity contribution is -0.117. The van der Waals surface area contributed by atoms with Gasteiger partial charge in [-0.15, -0.1) is 0 Å². The molecule has 2 amide bonds. The fourth-order valence-electron chi connectivity index (χ4n) is 2.93. The van der Waals surface area contributed by atoms with E-state index < -0.39 is 11.8 Å². The summed E-state index contributed by atoms with van der Waals surface area (Å²) in [6.07, 6.45) is 3.99. The lowest BCUT2D eigenvalue weighted by Gasteiger charge is -2.14. The molecule has 29 heavy (non-hydrogen) atoms. The predicted molar refractivity (Wildman–Crippen MR) is 109 cm³/mol. The standard InChI is InChI=1S/C22H26N2O5/c1-13(2)28-19-8-5-15(12-20(19)27-4)22(26)24-23-21(25)10-7-16-6-9-18(29-16)17-11-14(17)3/h5-10,12-14,17H,11H2,1-4H3,(H,23,25)(H,24,26)/b10-7+. The molecule has 1 fully saturated rings. The maximum absolute atomic E-state index is 12.3. The third-order valence-electron chi connectivity index (χ3n) is 4.61. The summed E-state index contributed by atoms with van der Waals surface area (Å²) >= 11 is 0. The Labute approximate surface area is 170 Å². The first-order valence-corrected chi connectivity index (χ1v) is 9.60. The number of carbonyl (C=O) groups is 2. The third-order valence-corrected chi connectivity index (χ3v) is 4.61. The van der Waals surface area contributed by atoms with Crippen LogP contribution in [0.3, 0.4) is 0 Å². The lowest BCUT2D eigenvalue weighted by atomic mass is 10.2. The Morgan fingerprint density at radius 3 is 2.59 bits per heavy atom. The topological polar surface area (TPSA) is 89.8 Å². The van der Waals surface area contributed by atoms with Crippen molar-refractivity contribution in [1.29, 1.82) is 0 Å². The highest BCUT2D eigenvalue weighted by Crippen LogP contribution is 2.47. The van der Waals surface area contributed by atoms with E-state index in [1.165, 1.54) is 13.2 Å². The number of hydrazine groups is 1. The summed E-state index contributed by atoms with van der Waals surface area (Å²) in [7, 11) is 1.50. The van der Waals surface area contributed by atoms with Gasteiger partial charge >= 0.3 is 0 Å². The highest BCUT2D eigenvalue weighted by Gasteiger charge is 2.36. The molecule has 0 spiro atoms. The molecule has 0 bridgehead atoms. The van der Waals surface area contributed by atoms with E-state index in [4.69, 9.17) is 13.9 Å². The van der Waals surface area contributed by atoms with Gasteiger partial charge in [-0.2, -0.15) is 0 Å². The van der Waals surface area contributed by atoms with E-state index in [9.17, 15) is 9.59 Å². The van der Waals surface area contributed by atoms with Gasteiger partial charge in [-0.3, -0.25) is 20.4 Å². The van der Waals surface area contributed by atoms with Crippen molar-refractivity contribution in [2.24, 2.45) is 5.92 Å². The van der Waals surface area contributed by atoms with E-state index in [0.717, 1.165) is 12.2 Å². The van der Waals surface area contributed by atoms with Crippen LogP contribution >= 0.6 is 0 Å². The molecule has 3 rings (SSSR count). The second-order valence-corrected chi connectivity index (χ2v) is 7.37. The molecule has 2 unspecified atom stereocenters. The smallest absolute Gasteiger partial charge is 0.269 e. The Hall–Kier alpha value is -3.22. The number of methoxy groups -OCH3 is 1. The fourth-order valence-corrected chi connectivity index (χ4v) is 2.93. The first kappa shape index (κ1) is 20.5. The average Bonchev–Trinajstić information content (AvgIpc) is 3.24. The number of ether oxygens (including phenoxy) is 2. The summed E-state index contributed by atoms with van der Waals surface area (Å²) in [5, 5.41) is 0.